The van der Waals surface area contributed by atoms with E-state index in [1.807, 2.05) is 6.92 Å². The van der Waals surface area contributed by atoms with Gasteiger partial charge in [0.15, 0.2) is 17.3 Å². The van der Waals surface area contributed by atoms with E-state index in [1.54, 1.807) is 0 Å². The fourth-order valence-electron chi connectivity index (χ4n) is 5.65. The van der Waals surface area contributed by atoms with E-state index in [1.165, 1.54) is 0 Å². The van der Waals surface area contributed by atoms with Gasteiger partial charge < -0.3 is 14.9 Å². The molecule has 0 saturated heterocycles. The van der Waals surface area contributed by atoms with Gasteiger partial charge in [-0.25, -0.2) is 0 Å². The second kappa shape index (κ2) is 4.68. The van der Waals surface area contributed by atoms with Gasteiger partial charge in [0.2, 0.25) is 0 Å². The number of phenols is 2. The van der Waals surface area contributed by atoms with Gasteiger partial charge in [-0.15, -0.1) is 0 Å². The van der Waals surface area contributed by atoms with E-state index in [0.29, 0.717) is 35.5 Å². The molecule has 24 heavy (non-hydrogen) atoms. The zero-order valence-electron chi connectivity index (χ0n) is 14.9. The molecule has 4 nitrogen and oxygen atoms in total. The van der Waals surface area contributed by atoms with Crippen molar-refractivity contribution in [3.63, 3.8) is 0 Å². The highest BCUT2D eigenvalue weighted by molar-refractivity contribution is 6.04. The normalized spacial score (nSPS) is 33.4. The molecule has 2 N–H and O–H groups in total. The number of rotatable bonds is 0. The summed E-state index contributed by atoms with van der Waals surface area (Å²) in [7, 11) is 0. The predicted molar refractivity (Wildman–Crippen MR) is 91.1 cm³/mol. The topological polar surface area (TPSA) is 66.8 Å². The van der Waals surface area contributed by atoms with Crippen LogP contribution in [0.15, 0.2) is 0 Å². The first kappa shape index (κ1) is 15.8. The highest BCUT2D eigenvalue weighted by atomic mass is 16.5. The zero-order chi connectivity index (χ0) is 17.4. The molecule has 4 rings (SSSR count). The third-order valence-corrected chi connectivity index (χ3v) is 6.88. The average molecular weight is 330 g/mol. The lowest BCUT2D eigenvalue weighted by molar-refractivity contribution is 0.0351. The molecule has 3 atom stereocenters. The van der Waals surface area contributed by atoms with Gasteiger partial charge in [-0.05, 0) is 24.2 Å². The van der Waals surface area contributed by atoms with Crippen molar-refractivity contribution in [3.8, 4) is 17.2 Å². The van der Waals surface area contributed by atoms with Gasteiger partial charge in [0.1, 0.15) is 5.75 Å². The molecular weight excluding hydrogens is 304 g/mol. The number of carbonyl (C=O) groups excluding carboxylic acids is 1. The number of Topliss-reactive ketones (excluding diaryl/α,β-unsaturated/α-hetero) is 1. The van der Waals surface area contributed by atoms with Crippen molar-refractivity contribution in [1.82, 2.24) is 0 Å². The quantitative estimate of drug-likeness (QED) is 0.697. The van der Waals surface area contributed by atoms with Gasteiger partial charge in [-0.2, -0.15) is 0 Å². The largest absolute Gasteiger partial charge is 0.507 e. The van der Waals surface area contributed by atoms with Crippen molar-refractivity contribution in [1.29, 1.82) is 0 Å². The molecule has 4 heteroatoms. The summed E-state index contributed by atoms with van der Waals surface area (Å²) in [6.45, 7) is 8.96. The summed E-state index contributed by atoms with van der Waals surface area (Å²) >= 11 is 0. The molecule has 0 aromatic heterocycles. The van der Waals surface area contributed by atoms with Crippen molar-refractivity contribution >= 4 is 5.78 Å². The summed E-state index contributed by atoms with van der Waals surface area (Å²) in [5.74, 6) is 0.614. The fourth-order valence-corrected chi connectivity index (χ4v) is 5.65. The van der Waals surface area contributed by atoms with Crippen LogP contribution >= 0.6 is 0 Å². The Hall–Kier alpha value is -1.71. The predicted octanol–water partition coefficient (Wildman–Crippen LogP) is 4.26. The minimum atomic E-state index is -0.309. The minimum absolute atomic E-state index is 0.0164. The molecule has 1 heterocycles. The highest BCUT2D eigenvalue weighted by Gasteiger charge is 2.55. The Morgan fingerprint density at radius 2 is 1.83 bits per heavy atom. The van der Waals surface area contributed by atoms with E-state index < -0.39 is 0 Å². The van der Waals surface area contributed by atoms with Crippen LogP contribution in [0.25, 0.3) is 0 Å². The molecule has 0 bridgehead atoms. The van der Waals surface area contributed by atoms with Crippen LogP contribution in [0.2, 0.25) is 0 Å². The Kier molecular flexibility index (Phi) is 3.08. The Bertz CT molecular complexity index is 749. The van der Waals surface area contributed by atoms with Crippen molar-refractivity contribution in [2.75, 3.05) is 6.61 Å². The fraction of sp³-hybridized carbons (Fsp3) is 0.650. The maximum atomic E-state index is 12.9. The number of hydrogen-bond acceptors (Lipinski definition) is 4. The van der Waals surface area contributed by atoms with Gasteiger partial charge in [0, 0.05) is 28.9 Å². The molecule has 3 unspecified atom stereocenters. The number of ketones is 1. The molecule has 130 valence electrons. The smallest absolute Gasteiger partial charge is 0.168 e. The number of fused-ring (bicyclic) bond motifs is 4. The molecule has 0 spiro atoms. The van der Waals surface area contributed by atoms with Crippen LogP contribution in [-0.2, 0) is 5.41 Å². The Morgan fingerprint density at radius 1 is 1.12 bits per heavy atom. The van der Waals surface area contributed by atoms with E-state index in [-0.39, 0.29) is 39.9 Å². The van der Waals surface area contributed by atoms with Crippen molar-refractivity contribution in [2.24, 2.45) is 11.3 Å². The van der Waals surface area contributed by atoms with Gasteiger partial charge in [-0.1, -0.05) is 34.1 Å². The standard InChI is InChI=1S/C20H26O4/c1-10-9-24-18-13(10)16(22)14-11(21)8-12-19(2,3)6-5-7-20(12,4)15(14)17(18)23/h10,12,22-23H,5-9H2,1-4H3. The maximum absolute atomic E-state index is 12.9. The molecule has 1 aromatic rings. The molecule has 0 amide bonds. The summed E-state index contributed by atoms with van der Waals surface area (Å²) < 4.78 is 5.68. The monoisotopic (exact) mass is 330 g/mol. The minimum Gasteiger partial charge on any atom is -0.507 e. The Balaban J connectivity index is 2.03. The Labute approximate surface area is 142 Å². The second-order valence-corrected chi connectivity index (χ2v) is 8.84. The van der Waals surface area contributed by atoms with Gasteiger partial charge in [-0.3, -0.25) is 4.79 Å². The molecule has 2 aliphatic carbocycles. The SMILES string of the molecule is CC1COc2c(O)c3c(c(O)c21)C(=O)CC1C(C)(C)CCCC31C. The number of carbonyl (C=O) groups is 1. The highest BCUT2D eigenvalue weighted by Crippen LogP contribution is 2.63. The number of phenolic OH excluding ortho intramolecular Hbond substituents is 2. The number of aromatic hydroxyl groups is 2. The van der Waals surface area contributed by atoms with Crippen LogP contribution < -0.4 is 4.74 Å². The summed E-state index contributed by atoms with van der Waals surface area (Å²) in [5.41, 5.74) is 1.30. The van der Waals surface area contributed by atoms with Crippen molar-refractivity contribution < 1.29 is 19.7 Å². The van der Waals surface area contributed by atoms with Crippen molar-refractivity contribution in [3.05, 3.63) is 16.7 Å². The summed E-state index contributed by atoms with van der Waals surface area (Å²) in [5, 5.41) is 21.8. The summed E-state index contributed by atoms with van der Waals surface area (Å²) in [6, 6.07) is 0. The van der Waals surface area contributed by atoms with Gasteiger partial charge in [0.25, 0.3) is 0 Å². The lowest BCUT2D eigenvalue weighted by atomic mass is 9.50. The molecule has 1 saturated carbocycles. The lowest BCUT2D eigenvalue weighted by Gasteiger charge is -2.53. The second-order valence-electron chi connectivity index (χ2n) is 8.84. The summed E-state index contributed by atoms with van der Waals surface area (Å²) in [6.07, 6.45) is 3.50. The molecule has 1 aromatic carbocycles. The van der Waals surface area contributed by atoms with E-state index in [0.717, 1.165) is 19.3 Å². The lowest BCUT2D eigenvalue weighted by Crippen LogP contribution is -2.49. The van der Waals surface area contributed by atoms with Crippen LogP contribution in [0.3, 0.4) is 0 Å². The molecule has 0 radical (unpaired) electrons. The third-order valence-electron chi connectivity index (χ3n) is 6.88. The Morgan fingerprint density at radius 3 is 2.54 bits per heavy atom. The van der Waals surface area contributed by atoms with E-state index in [4.69, 9.17) is 4.74 Å². The first-order valence-corrected chi connectivity index (χ1v) is 8.96. The van der Waals surface area contributed by atoms with E-state index in [9.17, 15) is 15.0 Å². The van der Waals surface area contributed by atoms with E-state index in [2.05, 4.69) is 20.8 Å². The molecular formula is C20H26O4. The van der Waals surface area contributed by atoms with Crippen LogP contribution in [0.1, 0.15) is 80.8 Å². The van der Waals surface area contributed by atoms with Gasteiger partial charge >= 0.3 is 0 Å². The molecule has 1 fully saturated rings. The number of hydrogen-bond donors (Lipinski definition) is 2. The van der Waals surface area contributed by atoms with Crippen LogP contribution in [-0.4, -0.2) is 22.6 Å². The molecule has 3 aliphatic rings. The number of ether oxygens (including phenoxy) is 1. The first-order valence-electron chi connectivity index (χ1n) is 8.96. The van der Waals surface area contributed by atoms with Crippen LogP contribution in [0.4, 0.5) is 0 Å². The average Bonchev–Trinajstić information content (AvgIpc) is 2.88. The van der Waals surface area contributed by atoms with Crippen LogP contribution in [0.5, 0.6) is 17.2 Å². The van der Waals surface area contributed by atoms with Crippen LogP contribution in [0, 0.1) is 11.3 Å². The summed E-state index contributed by atoms with van der Waals surface area (Å²) in [4.78, 5) is 12.9. The maximum Gasteiger partial charge on any atom is 0.168 e. The first-order chi connectivity index (χ1) is 11.2. The van der Waals surface area contributed by atoms with E-state index >= 15 is 0 Å². The number of benzene rings is 1. The third kappa shape index (κ3) is 1.77. The van der Waals surface area contributed by atoms with Gasteiger partial charge in [0.05, 0.1) is 12.2 Å². The molecule has 1 aliphatic heterocycles. The van der Waals surface area contributed by atoms with Crippen molar-refractivity contribution in [2.45, 2.75) is 64.7 Å². The zero-order valence-corrected chi connectivity index (χ0v) is 14.9.